The lowest BCUT2D eigenvalue weighted by Crippen LogP contribution is -2.51. The monoisotopic (exact) mass is 322 g/mol. The largest absolute Gasteiger partial charge is 0.373 e. The van der Waals surface area contributed by atoms with Gasteiger partial charge < -0.3 is 15.0 Å². The zero-order chi connectivity index (χ0) is 16.5. The number of nitrogens with zero attached hydrogens (tertiary/aromatic N) is 3. The third kappa shape index (κ3) is 5.81. The van der Waals surface area contributed by atoms with Gasteiger partial charge in [0.2, 0.25) is 0 Å². The van der Waals surface area contributed by atoms with Gasteiger partial charge in [-0.05, 0) is 38.6 Å². The lowest BCUT2D eigenvalue weighted by atomic mass is 10.2. The summed E-state index contributed by atoms with van der Waals surface area (Å²) in [6.07, 6.45) is 9.70. The Labute approximate surface area is 141 Å². The van der Waals surface area contributed by atoms with E-state index in [1.165, 1.54) is 38.6 Å². The van der Waals surface area contributed by atoms with Crippen molar-refractivity contribution in [2.24, 2.45) is 4.99 Å². The van der Waals surface area contributed by atoms with Crippen molar-refractivity contribution in [2.45, 2.75) is 50.7 Å². The Kier molecular flexibility index (Phi) is 7.89. The van der Waals surface area contributed by atoms with Crippen molar-refractivity contribution in [1.29, 1.82) is 0 Å². The van der Waals surface area contributed by atoms with Gasteiger partial charge in [0, 0.05) is 39.8 Å². The van der Waals surface area contributed by atoms with Crippen LogP contribution in [0.4, 0.5) is 0 Å². The summed E-state index contributed by atoms with van der Waals surface area (Å²) in [4.78, 5) is 9.20. The summed E-state index contributed by atoms with van der Waals surface area (Å²) in [5.74, 6) is 0.973. The van der Waals surface area contributed by atoms with Crippen LogP contribution in [0.2, 0.25) is 0 Å². The van der Waals surface area contributed by atoms with Crippen molar-refractivity contribution >= 4 is 5.96 Å². The minimum atomic E-state index is 0.280. The maximum atomic E-state index is 6.00. The summed E-state index contributed by atoms with van der Waals surface area (Å²) in [6, 6.07) is 0.670. The number of fused-ring (bicyclic) bond motifs is 1. The molecule has 132 valence electrons. The first-order valence-electron chi connectivity index (χ1n) is 9.13. The summed E-state index contributed by atoms with van der Waals surface area (Å²) in [6.45, 7) is 8.84. The molecule has 0 amide bonds. The second-order valence-electron chi connectivity index (χ2n) is 6.73. The third-order valence-electron chi connectivity index (χ3n) is 4.92. The fourth-order valence-corrected chi connectivity index (χ4v) is 3.52. The molecule has 0 aliphatic carbocycles. The van der Waals surface area contributed by atoms with Gasteiger partial charge in [-0.2, -0.15) is 0 Å². The van der Waals surface area contributed by atoms with Crippen molar-refractivity contribution in [3.05, 3.63) is 12.7 Å². The second-order valence-corrected chi connectivity index (χ2v) is 6.73. The third-order valence-corrected chi connectivity index (χ3v) is 4.92. The molecule has 2 unspecified atom stereocenters. The number of hydrogen-bond donors (Lipinski definition) is 1. The highest BCUT2D eigenvalue weighted by atomic mass is 16.5. The van der Waals surface area contributed by atoms with Crippen LogP contribution < -0.4 is 5.32 Å². The van der Waals surface area contributed by atoms with Crippen molar-refractivity contribution in [3.8, 4) is 0 Å². The van der Waals surface area contributed by atoms with E-state index in [9.17, 15) is 0 Å². The number of nitrogens with one attached hydrogen (secondary N) is 1. The zero-order valence-corrected chi connectivity index (χ0v) is 15.0. The van der Waals surface area contributed by atoms with Gasteiger partial charge in [-0.25, -0.2) is 0 Å². The summed E-state index contributed by atoms with van der Waals surface area (Å²) in [7, 11) is 3.97. The average molecular weight is 322 g/mol. The lowest BCUT2D eigenvalue weighted by Gasteiger charge is -2.35. The first-order valence-corrected chi connectivity index (χ1v) is 9.13. The van der Waals surface area contributed by atoms with Crippen molar-refractivity contribution in [3.63, 3.8) is 0 Å². The standard InChI is InChI=1S/C18H34N4O/c1-4-5-6-7-8-11-21(3)18(19-2)20-13-17-14-22-12-9-10-16(22)15-23-17/h4,16-17H,1,5-15H2,2-3H3,(H,19,20). The molecule has 5 heteroatoms. The van der Waals surface area contributed by atoms with E-state index in [0.717, 1.165) is 38.6 Å². The van der Waals surface area contributed by atoms with Gasteiger partial charge in [-0.1, -0.05) is 12.5 Å². The molecule has 1 N–H and O–H groups in total. The van der Waals surface area contributed by atoms with Crippen molar-refractivity contribution in [1.82, 2.24) is 15.1 Å². The number of unbranched alkanes of at least 4 members (excludes halogenated alkanes) is 3. The molecule has 2 fully saturated rings. The molecule has 0 aromatic carbocycles. The molecule has 0 saturated carbocycles. The molecule has 2 saturated heterocycles. The Bertz CT molecular complexity index is 385. The van der Waals surface area contributed by atoms with Gasteiger partial charge in [-0.3, -0.25) is 9.89 Å². The molecule has 2 aliphatic rings. The second kappa shape index (κ2) is 9.93. The molecule has 23 heavy (non-hydrogen) atoms. The number of guanidine groups is 1. The van der Waals surface area contributed by atoms with Crippen LogP contribution >= 0.6 is 0 Å². The first-order chi connectivity index (χ1) is 11.2. The van der Waals surface area contributed by atoms with E-state index in [1.807, 2.05) is 13.1 Å². The van der Waals surface area contributed by atoms with E-state index in [1.54, 1.807) is 0 Å². The quantitative estimate of drug-likeness (QED) is 0.322. The fraction of sp³-hybridized carbons (Fsp3) is 0.833. The number of rotatable bonds is 8. The average Bonchev–Trinajstić information content (AvgIpc) is 3.03. The Balaban J connectivity index is 1.65. The summed E-state index contributed by atoms with van der Waals surface area (Å²) in [5.41, 5.74) is 0. The van der Waals surface area contributed by atoms with E-state index in [0.29, 0.717) is 6.04 Å². The van der Waals surface area contributed by atoms with Gasteiger partial charge in [0.05, 0.1) is 12.7 Å². The van der Waals surface area contributed by atoms with Crippen LogP contribution in [0.1, 0.15) is 38.5 Å². The normalized spacial score (nSPS) is 25.2. The van der Waals surface area contributed by atoms with Crippen molar-refractivity contribution < 1.29 is 4.74 Å². The van der Waals surface area contributed by atoms with Crippen LogP contribution in [-0.4, -0.2) is 74.8 Å². The molecule has 0 bridgehead atoms. The first kappa shape index (κ1) is 18.3. The van der Waals surface area contributed by atoms with E-state index < -0.39 is 0 Å². The van der Waals surface area contributed by atoms with E-state index in [4.69, 9.17) is 4.74 Å². The van der Waals surface area contributed by atoms with E-state index in [-0.39, 0.29) is 6.10 Å². The fourth-order valence-electron chi connectivity index (χ4n) is 3.52. The predicted molar refractivity (Wildman–Crippen MR) is 97.0 cm³/mol. The molecule has 2 heterocycles. The number of morpholine rings is 1. The molecule has 5 nitrogen and oxygen atoms in total. The lowest BCUT2D eigenvalue weighted by molar-refractivity contribution is -0.0454. The van der Waals surface area contributed by atoms with Gasteiger partial charge in [-0.15, -0.1) is 6.58 Å². The molecular weight excluding hydrogens is 288 g/mol. The van der Waals surface area contributed by atoms with Gasteiger partial charge in [0.25, 0.3) is 0 Å². The molecule has 0 radical (unpaired) electrons. The highest BCUT2D eigenvalue weighted by Crippen LogP contribution is 2.22. The maximum Gasteiger partial charge on any atom is 0.193 e. The van der Waals surface area contributed by atoms with Crippen LogP contribution in [0.15, 0.2) is 17.6 Å². The molecule has 2 rings (SSSR count). The van der Waals surface area contributed by atoms with Crippen molar-refractivity contribution in [2.75, 3.05) is 46.9 Å². The summed E-state index contributed by atoms with van der Waals surface area (Å²) < 4.78 is 6.00. The zero-order valence-electron chi connectivity index (χ0n) is 15.0. The Hall–Kier alpha value is -1.07. The molecule has 2 aliphatic heterocycles. The van der Waals surface area contributed by atoms with Crippen LogP contribution in [0.3, 0.4) is 0 Å². The Morgan fingerprint density at radius 2 is 2.30 bits per heavy atom. The molecule has 0 spiro atoms. The molecule has 0 aromatic heterocycles. The number of ether oxygens (including phenoxy) is 1. The SMILES string of the molecule is C=CCCCCCN(C)C(=NC)NCC1CN2CCCC2CO1. The Morgan fingerprint density at radius 3 is 3.09 bits per heavy atom. The number of aliphatic imine (C=N–C) groups is 1. The van der Waals surface area contributed by atoms with Gasteiger partial charge in [0.15, 0.2) is 5.96 Å². The summed E-state index contributed by atoms with van der Waals surface area (Å²) >= 11 is 0. The topological polar surface area (TPSA) is 40.1 Å². The highest BCUT2D eigenvalue weighted by molar-refractivity contribution is 5.79. The number of hydrogen-bond acceptors (Lipinski definition) is 3. The minimum Gasteiger partial charge on any atom is -0.373 e. The summed E-state index contributed by atoms with van der Waals surface area (Å²) in [5, 5.41) is 3.48. The van der Waals surface area contributed by atoms with Gasteiger partial charge in [0.1, 0.15) is 0 Å². The van der Waals surface area contributed by atoms with Crippen LogP contribution in [0, 0.1) is 0 Å². The van der Waals surface area contributed by atoms with E-state index >= 15 is 0 Å². The van der Waals surface area contributed by atoms with E-state index in [2.05, 4.69) is 33.7 Å². The highest BCUT2D eigenvalue weighted by Gasteiger charge is 2.32. The smallest absolute Gasteiger partial charge is 0.193 e. The molecular formula is C18H34N4O. The van der Waals surface area contributed by atoms with Gasteiger partial charge >= 0.3 is 0 Å². The predicted octanol–water partition coefficient (Wildman–Crippen LogP) is 2.10. The minimum absolute atomic E-state index is 0.280. The van der Waals surface area contributed by atoms with Crippen LogP contribution in [0.25, 0.3) is 0 Å². The molecule has 2 atom stereocenters. The van der Waals surface area contributed by atoms with Crippen LogP contribution in [0.5, 0.6) is 0 Å². The molecule has 0 aromatic rings. The van der Waals surface area contributed by atoms with Crippen LogP contribution in [-0.2, 0) is 4.74 Å². The maximum absolute atomic E-state index is 6.00. The Morgan fingerprint density at radius 1 is 1.43 bits per heavy atom. The number of allylic oxidation sites excluding steroid dienone is 1.